The summed E-state index contributed by atoms with van der Waals surface area (Å²) in [6.45, 7) is 0. The Morgan fingerprint density at radius 2 is 0.517 bits per heavy atom. The molecule has 0 amide bonds. The molecule has 15 aromatic rings. The van der Waals surface area contributed by atoms with E-state index in [1.165, 1.54) is 154 Å². The van der Waals surface area contributed by atoms with Gasteiger partial charge in [-0.1, -0.05) is 291 Å². The van der Waals surface area contributed by atoms with Crippen molar-refractivity contribution in [1.82, 2.24) is 0 Å². The molecule has 0 heteroatoms. The number of allylic oxidation sites excluding steroid dienone is 4. The molecule has 0 fully saturated rings. The monoisotopic (exact) mass is 1100 g/mol. The summed E-state index contributed by atoms with van der Waals surface area (Å²) in [5.74, 6) is -0.0753. The minimum atomic E-state index is -0.840. The molecule has 0 bridgehead atoms. The first-order chi connectivity index (χ1) is 43.1. The van der Waals surface area contributed by atoms with Gasteiger partial charge in [0, 0.05) is 11.8 Å². The summed E-state index contributed by atoms with van der Waals surface area (Å²) in [6, 6.07) is 118. The van der Waals surface area contributed by atoms with Crippen LogP contribution in [0, 0.1) is 5.92 Å². The van der Waals surface area contributed by atoms with Gasteiger partial charge in [0.2, 0.25) is 0 Å². The van der Waals surface area contributed by atoms with Crippen LogP contribution < -0.4 is 0 Å². The second-order valence-electron chi connectivity index (χ2n) is 24.9. The summed E-state index contributed by atoms with van der Waals surface area (Å²) < 4.78 is 0. The first-order valence-electron chi connectivity index (χ1n) is 30.9. The van der Waals surface area contributed by atoms with Crippen LogP contribution in [0.1, 0.15) is 72.7 Å². The highest BCUT2D eigenvalue weighted by atomic mass is 14.6. The van der Waals surface area contributed by atoms with Crippen LogP contribution in [-0.4, -0.2) is 0 Å². The van der Waals surface area contributed by atoms with Gasteiger partial charge in [0.25, 0.3) is 0 Å². The van der Waals surface area contributed by atoms with Crippen molar-refractivity contribution < 1.29 is 0 Å². The molecule has 0 heterocycles. The Bertz CT molecular complexity index is 5270. The summed E-state index contributed by atoms with van der Waals surface area (Å²) in [5, 5.41) is 14.8. The molecule has 2 unspecified atom stereocenters. The first kappa shape index (κ1) is 48.7. The maximum Gasteiger partial charge on any atom is 0.0720 e. The number of hydrogen-bond donors (Lipinski definition) is 0. The third-order valence-corrected chi connectivity index (χ3v) is 21.0. The van der Waals surface area contributed by atoms with Crippen LogP contribution in [0.4, 0.5) is 0 Å². The van der Waals surface area contributed by atoms with Gasteiger partial charge in [-0.2, -0.15) is 0 Å². The van der Waals surface area contributed by atoms with E-state index in [2.05, 4.69) is 328 Å². The molecule has 0 saturated carbocycles. The molecule has 0 aromatic heterocycles. The van der Waals surface area contributed by atoms with E-state index in [9.17, 15) is 0 Å². The van der Waals surface area contributed by atoms with Crippen molar-refractivity contribution in [2.24, 2.45) is 5.92 Å². The van der Waals surface area contributed by atoms with E-state index in [4.69, 9.17) is 0 Å². The van der Waals surface area contributed by atoms with Crippen LogP contribution in [0.2, 0.25) is 0 Å². The van der Waals surface area contributed by atoms with E-state index in [-0.39, 0.29) is 11.8 Å². The Morgan fingerprint density at radius 3 is 0.897 bits per heavy atom. The predicted octanol–water partition coefficient (Wildman–Crippen LogP) is 21.5. The van der Waals surface area contributed by atoms with Crippen LogP contribution in [-0.2, 0) is 16.2 Å². The van der Waals surface area contributed by atoms with Crippen molar-refractivity contribution in [1.29, 1.82) is 0 Å². The van der Waals surface area contributed by atoms with Crippen LogP contribution in [0.15, 0.2) is 328 Å². The second kappa shape index (κ2) is 18.2. The largest absolute Gasteiger partial charge is 0.0789 e. The molecule has 0 saturated heterocycles. The lowest BCUT2D eigenvalue weighted by Gasteiger charge is -2.41. The molecule has 2 atom stereocenters. The molecule has 0 radical (unpaired) electrons. The SMILES string of the molecule is C1=CC2c3c4c(c5c(c3C(c3ccc6ccccc6c3)(c3ccc6ccccc6c3)C2C=C1)-c1ccccc1C5(c1ccc2ccccc2c1)c1ccc2ccccc2c1)-c1ccccc1C4(c1ccc2ccccc2c1)c1ccc2ccccc2c1. The standard InChI is InChI=1S/C87H56/c1-7-25-61-49-67(43-37-55(61)19-1)85(68-44-38-56-20-2-8-26-62(56)50-68)76-34-16-13-31-73(76)79-82(85)80-74-32-14-17-35-77(74)86(69-45-39-57-21-3-9-27-63(57)51-69,70-46-40-58-22-4-10-28-64(58)52-70)84(80)81-75-33-15-18-36-78(75)87(83(79)81,71-47-41-59-23-5-11-29-65(59)53-71)72-48-42-60-24-6-12-30-66(60)54-72/h1-54,73,76H. The van der Waals surface area contributed by atoms with Gasteiger partial charge in [-0.3, -0.25) is 0 Å². The smallest absolute Gasteiger partial charge is 0.0720 e. The van der Waals surface area contributed by atoms with Crippen LogP contribution >= 0.6 is 0 Å². The average Bonchev–Trinajstić information content (AvgIpc) is 1.48. The molecular weight excluding hydrogens is 1040 g/mol. The molecule has 19 rings (SSSR count). The Hall–Kier alpha value is -10.7. The third kappa shape index (κ3) is 6.47. The lowest BCUT2D eigenvalue weighted by Crippen LogP contribution is -2.36. The highest BCUT2D eigenvalue weighted by Crippen LogP contribution is 2.74. The fourth-order valence-electron chi connectivity index (χ4n) is 17.5. The van der Waals surface area contributed by atoms with Gasteiger partial charge >= 0.3 is 0 Å². The van der Waals surface area contributed by atoms with Crippen molar-refractivity contribution >= 4 is 64.6 Å². The van der Waals surface area contributed by atoms with Gasteiger partial charge in [-0.15, -0.1) is 0 Å². The van der Waals surface area contributed by atoms with Crippen molar-refractivity contribution in [3.8, 4) is 22.3 Å². The molecule has 0 N–H and O–H groups in total. The van der Waals surface area contributed by atoms with Crippen molar-refractivity contribution in [2.75, 3.05) is 0 Å². The molecule has 4 aliphatic rings. The maximum atomic E-state index is 2.60. The van der Waals surface area contributed by atoms with Crippen LogP contribution in [0.5, 0.6) is 0 Å². The number of benzene rings is 15. The number of fused-ring (bicyclic) bond motifs is 18. The first-order valence-corrected chi connectivity index (χ1v) is 30.9. The van der Waals surface area contributed by atoms with Gasteiger partial charge in [-0.05, 0) is 190 Å². The van der Waals surface area contributed by atoms with Crippen molar-refractivity contribution in [3.63, 3.8) is 0 Å². The van der Waals surface area contributed by atoms with Crippen LogP contribution in [0.3, 0.4) is 0 Å². The van der Waals surface area contributed by atoms with Gasteiger partial charge in [0.15, 0.2) is 0 Å². The summed E-state index contributed by atoms with van der Waals surface area (Å²) in [5.41, 5.74) is 18.7. The summed E-state index contributed by atoms with van der Waals surface area (Å²) in [4.78, 5) is 0. The van der Waals surface area contributed by atoms with Gasteiger partial charge in [0.05, 0.1) is 16.2 Å². The molecule has 0 nitrogen and oxygen atoms in total. The lowest BCUT2D eigenvalue weighted by atomic mass is 9.60. The van der Waals surface area contributed by atoms with Crippen LogP contribution in [0.25, 0.3) is 86.9 Å². The quantitative estimate of drug-likeness (QED) is 0.156. The molecule has 4 aliphatic carbocycles. The van der Waals surface area contributed by atoms with Gasteiger partial charge in [0.1, 0.15) is 0 Å². The minimum absolute atomic E-state index is 0.0338. The summed E-state index contributed by atoms with van der Waals surface area (Å²) >= 11 is 0. The summed E-state index contributed by atoms with van der Waals surface area (Å²) in [6.07, 6.45) is 9.92. The number of hydrogen-bond acceptors (Lipinski definition) is 0. The lowest BCUT2D eigenvalue weighted by molar-refractivity contribution is 0.457. The topological polar surface area (TPSA) is 0 Å². The Balaban J connectivity index is 1.11. The van der Waals surface area contributed by atoms with E-state index in [0.29, 0.717) is 0 Å². The zero-order chi connectivity index (χ0) is 57.0. The zero-order valence-electron chi connectivity index (χ0n) is 47.8. The molecule has 0 aliphatic heterocycles. The van der Waals surface area contributed by atoms with E-state index >= 15 is 0 Å². The fraction of sp³-hybridized carbons (Fsp3) is 0.0575. The average molecular weight is 1100 g/mol. The van der Waals surface area contributed by atoms with E-state index < -0.39 is 16.2 Å². The normalized spacial score (nSPS) is 16.9. The van der Waals surface area contributed by atoms with Gasteiger partial charge in [-0.25, -0.2) is 0 Å². The minimum Gasteiger partial charge on any atom is -0.0789 e. The summed E-state index contributed by atoms with van der Waals surface area (Å²) in [7, 11) is 0. The highest BCUT2D eigenvalue weighted by Gasteiger charge is 2.63. The van der Waals surface area contributed by atoms with Crippen molar-refractivity contribution in [3.05, 3.63) is 394 Å². The molecule has 15 aromatic carbocycles. The van der Waals surface area contributed by atoms with E-state index in [1.54, 1.807) is 0 Å². The Kier molecular flexibility index (Phi) is 10.2. The predicted molar refractivity (Wildman–Crippen MR) is 363 cm³/mol. The van der Waals surface area contributed by atoms with E-state index in [0.717, 1.165) is 0 Å². The fourth-order valence-corrected chi connectivity index (χ4v) is 17.5. The molecule has 0 spiro atoms. The van der Waals surface area contributed by atoms with E-state index in [1.807, 2.05) is 0 Å². The Labute approximate surface area is 506 Å². The zero-order valence-corrected chi connectivity index (χ0v) is 47.8. The molecule has 404 valence electrons. The molecular formula is C87H56. The third-order valence-electron chi connectivity index (χ3n) is 21.0. The van der Waals surface area contributed by atoms with Crippen molar-refractivity contribution in [2.45, 2.75) is 22.2 Å². The highest BCUT2D eigenvalue weighted by molar-refractivity contribution is 6.05. The number of rotatable bonds is 6. The van der Waals surface area contributed by atoms with Gasteiger partial charge < -0.3 is 0 Å². The second-order valence-corrected chi connectivity index (χ2v) is 24.9. The Morgan fingerprint density at radius 1 is 0.230 bits per heavy atom. The molecule has 87 heavy (non-hydrogen) atoms. The maximum absolute atomic E-state index is 2.60.